The van der Waals surface area contributed by atoms with Gasteiger partial charge in [0.1, 0.15) is 0 Å². The smallest absolute Gasteiger partial charge is 0.220 e. The molecule has 0 aliphatic heterocycles. The SMILES string of the molecule is CCCCCCCCC(=O)NCc1cc[nH]c1. The summed E-state index contributed by atoms with van der Waals surface area (Å²) in [6.45, 7) is 2.85. The van der Waals surface area contributed by atoms with E-state index in [9.17, 15) is 4.79 Å². The van der Waals surface area contributed by atoms with Crippen LogP contribution in [0.5, 0.6) is 0 Å². The van der Waals surface area contributed by atoms with Crippen LogP contribution in [0.2, 0.25) is 0 Å². The Hall–Kier alpha value is -1.25. The van der Waals surface area contributed by atoms with Gasteiger partial charge in [-0.05, 0) is 18.1 Å². The second-order valence-corrected chi connectivity index (χ2v) is 4.51. The Kier molecular flexibility index (Phi) is 7.19. The zero-order valence-electron chi connectivity index (χ0n) is 10.8. The molecular formula is C14H24N2O. The monoisotopic (exact) mass is 236 g/mol. The van der Waals surface area contributed by atoms with Gasteiger partial charge in [0.2, 0.25) is 5.91 Å². The van der Waals surface area contributed by atoms with Gasteiger partial charge in [0, 0.05) is 25.4 Å². The summed E-state index contributed by atoms with van der Waals surface area (Å²) in [5.74, 6) is 0.168. The van der Waals surface area contributed by atoms with E-state index in [1.165, 1.54) is 32.1 Å². The van der Waals surface area contributed by atoms with Crippen LogP contribution in [0.1, 0.15) is 57.4 Å². The molecule has 0 atom stereocenters. The average Bonchev–Trinajstić information content (AvgIpc) is 2.84. The number of nitrogens with one attached hydrogen (secondary N) is 2. The number of hydrogen-bond donors (Lipinski definition) is 2. The van der Waals surface area contributed by atoms with Gasteiger partial charge in [-0.2, -0.15) is 0 Å². The molecule has 0 bridgehead atoms. The first-order valence-corrected chi connectivity index (χ1v) is 6.71. The standard InChI is InChI=1S/C14H24N2O/c1-2-3-4-5-6-7-8-14(17)16-12-13-9-10-15-11-13/h9-11,15H,2-8,12H2,1H3,(H,16,17). The fourth-order valence-corrected chi connectivity index (χ4v) is 1.82. The molecule has 0 aliphatic rings. The molecule has 0 aliphatic carbocycles. The van der Waals surface area contributed by atoms with Crippen LogP contribution in [0.15, 0.2) is 18.5 Å². The summed E-state index contributed by atoms with van der Waals surface area (Å²) in [6, 6.07) is 1.98. The van der Waals surface area contributed by atoms with E-state index in [1.807, 2.05) is 18.5 Å². The second-order valence-electron chi connectivity index (χ2n) is 4.51. The molecule has 17 heavy (non-hydrogen) atoms. The molecule has 1 heterocycles. The zero-order valence-corrected chi connectivity index (χ0v) is 10.8. The summed E-state index contributed by atoms with van der Waals surface area (Å²) in [5, 5.41) is 2.93. The first-order valence-electron chi connectivity index (χ1n) is 6.71. The Balaban J connectivity index is 1.94. The van der Waals surface area contributed by atoms with Crippen molar-refractivity contribution in [3.05, 3.63) is 24.0 Å². The Morgan fingerprint density at radius 1 is 1.24 bits per heavy atom. The van der Waals surface area contributed by atoms with Gasteiger partial charge in [0.15, 0.2) is 0 Å². The molecule has 0 saturated carbocycles. The van der Waals surface area contributed by atoms with E-state index in [2.05, 4.69) is 17.2 Å². The fourth-order valence-electron chi connectivity index (χ4n) is 1.82. The number of unbranched alkanes of at least 4 members (excludes halogenated alkanes) is 5. The number of aromatic amines is 1. The normalized spacial score (nSPS) is 10.4. The minimum Gasteiger partial charge on any atom is -0.367 e. The van der Waals surface area contributed by atoms with E-state index >= 15 is 0 Å². The van der Waals surface area contributed by atoms with Gasteiger partial charge in [0.25, 0.3) is 0 Å². The molecule has 3 nitrogen and oxygen atoms in total. The lowest BCUT2D eigenvalue weighted by Gasteiger charge is -2.03. The molecule has 0 fully saturated rings. The van der Waals surface area contributed by atoms with Gasteiger partial charge in [-0.3, -0.25) is 4.79 Å². The summed E-state index contributed by atoms with van der Waals surface area (Å²) in [4.78, 5) is 14.5. The Morgan fingerprint density at radius 3 is 2.71 bits per heavy atom. The highest BCUT2D eigenvalue weighted by molar-refractivity contribution is 5.75. The third-order valence-electron chi connectivity index (χ3n) is 2.91. The van der Waals surface area contributed by atoms with Crippen LogP contribution < -0.4 is 5.32 Å². The van der Waals surface area contributed by atoms with E-state index < -0.39 is 0 Å². The highest BCUT2D eigenvalue weighted by Crippen LogP contribution is 2.06. The number of H-pyrrole nitrogens is 1. The molecule has 0 unspecified atom stereocenters. The second kappa shape index (κ2) is 8.85. The molecule has 1 amide bonds. The first kappa shape index (κ1) is 13.8. The number of rotatable bonds is 9. The van der Waals surface area contributed by atoms with Crippen molar-refractivity contribution in [2.75, 3.05) is 0 Å². The predicted octanol–water partition coefficient (Wildman–Crippen LogP) is 3.38. The van der Waals surface area contributed by atoms with Gasteiger partial charge >= 0.3 is 0 Å². The highest BCUT2D eigenvalue weighted by Gasteiger charge is 2.01. The lowest BCUT2D eigenvalue weighted by atomic mass is 10.1. The van der Waals surface area contributed by atoms with E-state index in [0.717, 1.165) is 12.0 Å². The quantitative estimate of drug-likeness (QED) is 0.634. The molecule has 96 valence electrons. The molecule has 3 heteroatoms. The maximum absolute atomic E-state index is 11.5. The Morgan fingerprint density at radius 2 is 2.00 bits per heavy atom. The zero-order chi connectivity index (χ0) is 12.3. The van der Waals surface area contributed by atoms with E-state index in [-0.39, 0.29) is 5.91 Å². The largest absolute Gasteiger partial charge is 0.367 e. The number of carbonyl (C=O) groups is 1. The molecule has 1 aromatic heterocycles. The molecular weight excluding hydrogens is 212 g/mol. The molecule has 0 saturated heterocycles. The maximum atomic E-state index is 11.5. The number of amides is 1. The molecule has 1 rings (SSSR count). The summed E-state index contributed by atoms with van der Waals surface area (Å²) in [6.07, 6.45) is 11.8. The van der Waals surface area contributed by atoms with Crippen LogP contribution in [0, 0.1) is 0 Å². The Labute approximate surface area is 104 Å². The van der Waals surface area contributed by atoms with Crippen LogP contribution in [-0.4, -0.2) is 10.9 Å². The predicted molar refractivity (Wildman–Crippen MR) is 70.6 cm³/mol. The van der Waals surface area contributed by atoms with Crippen molar-refractivity contribution in [2.24, 2.45) is 0 Å². The van der Waals surface area contributed by atoms with E-state index in [4.69, 9.17) is 0 Å². The lowest BCUT2D eigenvalue weighted by molar-refractivity contribution is -0.121. The van der Waals surface area contributed by atoms with Crippen molar-refractivity contribution in [2.45, 2.75) is 58.4 Å². The van der Waals surface area contributed by atoms with E-state index in [0.29, 0.717) is 13.0 Å². The van der Waals surface area contributed by atoms with Crippen molar-refractivity contribution >= 4 is 5.91 Å². The van der Waals surface area contributed by atoms with Crippen molar-refractivity contribution < 1.29 is 4.79 Å². The van der Waals surface area contributed by atoms with Crippen molar-refractivity contribution in [1.29, 1.82) is 0 Å². The van der Waals surface area contributed by atoms with Gasteiger partial charge in [-0.1, -0.05) is 39.0 Å². The molecule has 0 aromatic carbocycles. The van der Waals surface area contributed by atoms with Gasteiger partial charge < -0.3 is 10.3 Å². The Bertz CT molecular complexity index is 293. The molecule has 1 aromatic rings. The summed E-state index contributed by atoms with van der Waals surface area (Å²) >= 11 is 0. The molecule has 2 N–H and O–H groups in total. The number of hydrogen-bond acceptors (Lipinski definition) is 1. The third kappa shape index (κ3) is 6.82. The number of aromatic nitrogens is 1. The van der Waals surface area contributed by atoms with Gasteiger partial charge in [0.05, 0.1) is 0 Å². The fraction of sp³-hybridized carbons (Fsp3) is 0.643. The van der Waals surface area contributed by atoms with Crippen molar-refractivity contribution in [1.82, 2.24) is 10.3 Å². The minimum absolute atomic E-state index is 0.168. The lowest BCUT2D eigenvalue weighted by Crippen LogP contribution is -2.21. The molecule has 0 radical (unpaired) electrons. The van der Waals surface area contributed by atoms with Crippen molar-refractivity contribution in [3.63, 3.8) is 0 Å². The summed E-state index contributed by atoms with van der Waals surface area (Å²) in [5.41, 5.74) is 1.13. The van der Waals surface area contributed by atoms with Crippen LogP contribution in [0.25, 0.3) is 0 Å². The van der Waals surface area contributed by atoms with Crippen LogP contribution in [-0.2, 0) is 11.3 Å². The van der Waals surface area contributed by atoms with Gasteiger partial charge in [-0.15, -0.1) is 0 Å². The average molecular weight is 236 g/mol. The van der Waals surface area contributed by atoms with Crippen LogP contribution >= 0.6 is 0 Å². The van der Waals surface area contributed by atoms with Crippen LogP contribution in [0.4, 0.5) is 0 Å². The topological polar surface area (TPSA) is 44.9 Å². The summed E-state index contributed by atoms with van der Waals surface area (Å²) in [7, 11) is 0. The van der Waals surface area contributed by atoms with Gasteiger partial charge in [-0.25, -0.2) is 0 Å². The number of carbonyl (C=O) groups excluding carboxylic acids is 1. The highest BCUT2D eigenvalue weighted by atomic mass is 16.1. The van der Waals surface area contributed by atoms with E-state index in [1.54, 1.807) is 0 Å². The third-order valence-corrected chi connectivity index (χ3v) is 2.91. The molecule has 0 spiro atoms. The minimum atomic E-state index is 0.168. The maximum Gasteiger partial charge on any atom is 0.220 e. The van der Waals surface area contributed by atoms with Crippen LogP contribution in [0.3, 0.4) is 0 Å². The summed E-state index contributed by atoms with van der Waals surface area (Å²) < 4.78 is 0. The first-order chi connectivity index (χ1) is 8.33. The van der Waals surface area contributed by atoms with Crippen molar-refractivity contribution in [3.8, 4) is 0 Å².